The number of carbonyl (C=O) groups excluding carboxylic acids is 1. The highest BCUT2D eigenvalue weighted by atomic mass is 32.1. The Kier molecular flexibility index (Phi) is 5.04. The molecule has 1 amide bonds. The maximum absolute atomic E-state index is 12.4. The van der Waals surface area contributed by atoms with E-state index in [4.69, 9.17) is 0 Å². The number of aryl methyl sites for hydroxylation is 1. The molecule has 0 spiro atoms. The third kappa shape index (κ3) is 3.27. The number of piperidine rings is 1. The molecule has 1 fully saturated rings. The Morgan fingerprint density at radius 3 is 2.92 bits per heavy atom. The first-order valence-electron chi connectivity index (χ1n) is 9.50. The van der Waals surface area contributed by atoms with Gasteiger partial charge in [-0.3, -0.25) is 9.69 Å². The summed E-state index contributed by atoms with van der Waals surface area (Å²) in [4.78, 5) is 22.5. The molecule has 7 nitrogen and oxygen atoms in total. The Morgan fingerprint density at radius 2 is 2.15 bits per heavy atom. The summed E-state index contributed by atoms with van der Waals surface area (Å²) < 4.78 is 2.25. The molecule has 1 atom stereocenters. The fourth-order valence-electron chi connectivity index (χ4n) is 3.99. The number of amides is 1. The van der Waals surface area contributed by atoms with E-state index >= 15 is 0 Å². The van der Waals surface area contributed by atoms with Crippen LogP contribution in [-0.2, 0) is 24.4 Å². The highest BCUT2D eigenvalue weighted by Gasteiger charge is 2.33. The highest BCUT2D eigenvalue weighted by molar-refractivity contribution is 7.09. The van der Waals surface area contributed by atoms with Crippen molar-refractivity contribution in [3.05, 3.63) is 27.7 Å². The fourth-order valence-corrected chi connectivity index (χ4v) is 4.81. The molecule has 4 rings (SSSR count). The Labute approximate surface area is 158 Å². The number of thiazole rings is 1. The van der Waals surface area contributed by atoms with E-state index in [0.29, 0.717) is 6.42 Å². The van der Waals surface area contributed by atoms with E-state index in [0.717, 1.165) is 69.3 Å². The Morgan fingerprint density at radius 1 is 1.27 bits per heavy atom. The lowest BCUT2D eigenvalue weighted by atomic mass is 10.0. The topological polar surface area (TPSA) is 67.2 Å². The van der Waals surface area contributed by atoms with Crippen LogP contribution in [0.15, 0.2) is 5.51 Å². The molecular formula is C18H26N6OS. The zero-order valence-electron chi connectivity index (χ0n) is 15.5. The van der Waals surface area contributed by atoms with Gasteiger partial charge >= 0.3 is 0 Å². The van der Waals surface area contributed by atoms with Crippen LogP contribution < -0.4 is 0 Å². The molecule has 2 aromatic rings. The average molecular weight is 375 g/mol. The maximum Gasteiger partial charge on any atom is 0.222 e. The van der Waals surface area contributed by atoms with Gasteiger partial charge in [0, 0.05) is 37.5 Å². The monoisotopic (exact) mass is 374 g/mol. The SMILES string of the molecule is CCC(=O)N1CCCCC1c1nnc2n1CCN(Cc1scnc1C)C2. The molecule has 0 radical (unpaired) electrons. The first-order chi connectivity index (χ1) is 12.7. The standard InChI is InChI=1S/C18H26N6OS/c1-3-17(25)23-7-5-4-6-14(23)18-21-20-16-11-22(8-9-24(16)18)10-15-13(2)19-12-26-15/h12,14H,3-11H2,1-2H3. The summed E-state index contributed by atoms with van der Waals surface area (Å²) in [6.45, 7) is 8.44. The quantitative estimate of drug-likeness (QED) is 0.823. The van der Waals surface area contributed by atoms with E-state index in [1.807, 2.05) is 17.3 Å². The number of hydrogen-bond donors (Lipinski definition) is 0. The summed E-state index contributed by atoms with van der Waals surface area (Å²) in [5.74, 6) is 2.23. The van der Waals surface area contributed by atoms with E-state index in [9.17, 15) is 4.79 Å². The van der Waals surface area contributed by atoms with Crippen molar-refractivity contribution in [2.75, 3.05) is 13.1 Å². The van der Waals surface area contributed by atoms with Gasteiger partial charge in [-0.1, -0.05) is 6.92 Å². The Hall–Kier alpha value is -1.80. The molecule has 2 aliphatic heterocycles. The van der Waals surface area contributed by atoms with Gasteiger partial charge in [-0.2, -0.15) is 0 Å². The molecule has 0 saturated carbocycles. The molecule has 8 heteroatoms. The second kappa shape index (κ2) is 7.44. The molecule has 1 unspecified atom stereocenters. The predicted molar refractivity (Wildman–Crippen MR) is 99.6 cm³/mol. The average Bonchev–Trinajstić information content (AvgIpc) is 3.27. The van der Waals surface area contributed by atoms with Crippen molar-refractivity contribution in [2.45, 2.75) is 65.2 Å². The van der Waals surface area contributed by atoms with Gasteiger partial charge in [0.2, 0.25) is 5.91 Å². The zero-order chi connectivity index (χ0) is 18.1. The van der Waals surface area contributed by atoms with Gasteiger partial charge in [-0.05, 0) is 26.2 Å². The van der Waals surface area contributed by atoms with Crippen LogP contribution >= 0.6 is 11.3 Å². The second-order valence-electron chi connectivity index (χ2n) is 7.15. The first-order valence-corrected chi connectivity index (χ1v) is 10.4. The lowest BCUT2D eigenvalue weighted by Gasteiger charge is -2.36. The van der Waals surface area contributed by atoms with Crippen LogP contribution in [0.1, 0.15) is 60.9 Å². The molecule has 2 aromatic heterocycles. The van der Waals surface area contributed by atoms with Crippen molar-refractivity contribution in [1.29, 1.82) is 0 Å². The third-order valence-corrected chi connectivity index (χ3v) is 6.42. The minimum absolute atomic E-state index is 0.0905. The summed E-state index contributed by atoms with van der Waals surface area (Å²) in [6, 6.07) is 0.0905. The van der Waals surface area contributed by atoms with Crippen LogP contribution in [0.25, 0.3) is 0 Å². The number of rotatable bonds is 4. The number of aromatic nitrogens is 4. The number of likely N-dealkylation sites (tertiary alicyclic amines) is 1. The largest absolute Gasteiger partial charge is 0.332 e. The Balaban J connectivity index is 1.51. The van der Waals surface area contributed by atoms with Crippen molar-refractivity contribution in [1.82, 2.24) is 29.5 Å². The lowest BCUT2D eigenvalue weighted by molar-refractivity contribution is -0.135. The van der Waals surface area contributed by atoms with Crippen LogP contribution in [-0.4, -0.2) is 48.5 Å². The summed E-state index contributed by atoms with van der Waals surface area (Å²) in [7, 11) is 0. The molecule has 0 N–H and O–H groups in total. The van der Waals surface area contributed by atoms with Crippen molar-refractivity contribution in [3.63, 3.8) is 0 Å². The minimum Gasteiger partial charge on any atom is -0.332 e. The molecule has 0 aromatic carbocycles. The normalized spacial score (nSPS) is 21.0. The van der Waals surface area contributed by atoms with Crippen molar-refractivity contribution >= 4 is 17.2 Å². The minimum atomic E-state index is 0.0905. The van der Waals surface area contributed by atoms with Gasteiger partial charge in [0.1, 0.15) is 5.82 Å². The predicted octanol–water partition coefficient (Wildman–Crippen LogP) is 2.52. The summed E-state index contributed by atoms with van der Waals surface area (Å²) in [6.07, 6.45) is 3.79. The summed E-state index contributed by atoms with van der Waals surface area (Å²) in [5.41, 5.74) is 3.04. The zero-order valence-corrected chi connectivity index (χ0v) is 16.3. The van der Waals surface area contributed by atoms with Crippen molar-refractivity contribution in [2.24, 2.45) is 0 Å². The molecule has 2 aliphatic rings. The Bertz CT molecular complexity index is 784. The van der Waals surface area contributed by atoms with E-state index in [-0.39, 0.29) is 11.9 Å². The van der Waals surface area contributed by atoms with E-state index in [1.54, 1.807) is 11.3 Å². The molecular weight excluding hydrogens is 348 g/mol. The number of fused-ring (bicyclic) bond motifs is 1. The van der Waals surface area contributed by atoms with E-state index in [1.165, 1.54) is 4.88 Å². The number of nitrogens with zero attached hydrogens (tertiary/aromatic N) is 6. The van der Waals surface area contributed by atoms with Crippen LogP contribution in [0.5, 0.6) is 0 Å². The van der Waals surface area contributed by atoms with Gasteiger partial charge in [0.15, 0.2) is 5.82 Å². The fraction of sp³-hybridized carbons (Fsp3) is 0.667. The summed E-state index contributed by atoms with van der Waals surface area (Å²) in [5, 5.41) is 8.99. The van der Waals surface area contributed by atoms with Gasteiger partial charge in [0.05, 0.1) is 23.8 Å². The smallest absolute Gasteiger partial charge is 0.222 e. The van der Waals surface area contributed by atoms with E-state index < -0.39 is 0 Å². The van der Waals surface area contributed by atoms with Crippen LogP contribution in [0.4, 0.5) is 0 Å². The molecule has 0 aliphatic carbocycles. The lowest BCUT2D eigenvalue weighted by Crippen LogP contribution is -2.40. The van der Waals surface area contributed by atoms with Gasteiger partial charge in [-0.15, -0.1) is 21.5 Å². The molecule has 140 valence electrons. The summed E-state index contributed by atoms with van der Waals surface area (Å²) >= 11 is 1.72. The third-order valence-electron chi connectivity index (χ3n) is 5.50. The molecule has 1 saturated heterocycles. The highest BCUT2D eigenvalue weighted by Crippen LogP contribution is 2.32. The van der Waals surface area contributed by atoms with Crippen LogP contribution in [0, 0.1) is 6.92 Å². The molecule has 0 bridgehead atoms. The number of carbonyl (C=O) groups is 1. The molecule has 4 heterocycles. The second-order valence-corrected chi connectivity index (χ2v) is 8.09. The maximum atomic E-state index is 12.4. The van der Waals surface area contributed by atoms with Gasteiger partial charge < -0.3 is 9.47 Å². The van der Waals surface area contributed by atoms with Crippen LogP contribution in [0.2, 0.25) is 0 Å². The van der Waals surface area contributed by atoms with Crippen molar-refractivity contribution in [3.8, 4) is 0 Å². The van der Waals surface area contributed by atoms with E-state index in [2.05, 4.69) is 31.6 Å². The van der Waals surface area contributed by atoms with Gasteiger partial charge in [-0.25, -0.2) is 4.98 Å². The van der Waals surface area contributed by atoms with Crippen LogP contribution in [0.3, 0.4) is 0 Å². The molecule has 26 heavy (non-hydrogen) atoms. The van der Waals surface area contributed by atoms with Gasteiger partial charge in [0.25, 0.3) is 0 Å². The number of hydrogen-bond acceptors (Lipinski definition) is 6. The van der Waals surface area contributed by atoms with Crippen molar-refractivity contribution < 1.29 is 4.79 Å². The first kappa shape index (κ1) is 17.6.